The van der Waals surface area contributed by atoms with Crippen LogP contribution in [0.15, 0.2) is 72.9 Å². The molecule has 0 radical (unpaired) electrons. The predicted molar refractivity (Wildman–Crippen MR) is 308 cm³/mol. The Bertz CT molecular complexity index is 3490. The van der Waals surface area contributed by atoms with Crippen molar-refractivity contribution in [1.82, 2.24) is 40.7 Å². The number of aryl methyl sites for hydroxylation is 1. The van der Waals surface area contributed by atoms with Gasteiger partial charge in [0.15, 0.2) is 5.82 Å². The molecule has 4 aliphatic heterocycles. The zero-order chi connectivity index (χ0) is 59.8. The topological polar surface area (TPSA) is 195 Å². The van der Waals surface area contributed by atoms with Gasteiger partial charge in [0, 0.05) is 80.9 Å². The summed E-state index contributed by atoms with van der Waals surface area (Å²) in [4.78, 5) is 61.3. The molecule has 10 rings (SSSR count). The minimum absolute atomic E-state index is 0.00986. The van der Waals surface area contributed by atoms with Gasteiger partial charge in [0.05, 0.1) is 35.3 Å². The van der Waals surface area contributed by atoms with Crippen LogP contribution < -0.4 is 25.6 Å². The quantitative estimate of drug-likeness (QED) is 0.0312. The second kappa shape index (κ2) is 24.6. The standard InChI is InChI=1S/C63H70F5N9O7/c1-7-45-49(64)21-18-39-27-43(78)28-46(53(39)45)55-54(65)56-47(30-69-55)58(76-31-40-19-20-41(32-76)71-40)74-61(73-56)84-34-42-12-9-23-75(42)24-10-25-83-26-22-51(80)72-57(62(4,5)6)60(82)77-33-44(79)29-50(77)59(81)70-36(3)37-14-16-38(17-15-37)52-35(2)11-8-13-48(52)63(66,67)68/h1,8,11,13-18,21,27-28,30,36,40-42,44,50,57,71,78-79H,9-10,12,19-20,22-26,29,31-34H2,2-6H3,(H,70,81)(H,72,80)/t36-,40?,41?,42-,44+,50-,57+/m0/s1. The van der Waals surface area contributed by atoms with E-state index in [-0.39, 0.29) is 95.8 Å². The fourth-order valence-corrected chi connectivity index (χ4v) is 12.4. The first-order valence-corrected chi connectivity index (χ1v) is 28.7. The predicted octanol–water partition coefficient (Wildman–Crippen LogP) is 8.76. The number of hydrogen-bond acceptors (Lipinski definition) is 13. The summed E-state index contributed by atoms with van der Waals surface area (Å²) in [6, 6.07) is 13.7. The van der Waals surface area contributed by atoms with Crippen molar-refractivity contribution < 1.29 is 56.0 Å². The number of β-amino-alcohol motifs (C(OH)–C–C–N with tert-alkyl or cyclic N) is 1. The smallest absolute Gasteiger partial charge is 0.417 e. The number of phenolic OH excluding ortho intramolecular Hbond substituents is 1. The molecule has 7 atom stereocenters. The van der Waals surface area contributed by atoms with Gasteiger partial charge < -0.3 is 45.4 Å². The molecule has 4 saturated heterocycles. The van der Waals surface area contributed by atoms with Gasteiger partial charge in [0.2, 0.25) is 17.7 Å². The number of anilines is 1. The zero-order valence-electron chi connectivity index (χ0n) is 47.7. The summed E-state index contributed by atoms with van der Waals surface area (Å²) in [5.41, 5.74) is -0.173. The average Bonchev–Trinajstić information content (AvgIpc) is 1.25. The zero-order valence-corrected chi connectivity index (χ0v) is 47.7. The molecule has 444 valence electrons. The van der Waals surface area contributed by atoms with E-state index in [1.165, 1.54) is 41.4 Å². The third kappa shape index (κ3) is 12.8. The number of aromatic nitrogens is 3. The summed E-state index contributed by atoms with van der Waals surface area (Å²) in [6.45, 7) is 12.0. The van der Waals surface area contributed by atoms with Crippen molar-refractivity contribution in [1.29, 1.82) is 0 Å². The van der Waals surface area contributed by atoms with E-state index in [2.05, 4.69) is 41.6 Å². The van der Waals surface area contributed by atoms with Crippen molar-refractivity contribution in [2.75, 3.05) is 57.4 Å². The van der Waals surface area contributed by atoms with Crippen LogP contribution >= 0.6 is 0 Å². The Labute approximate surface area is 484 Å². The number of amides is 3. The summed E-state index contributed by atoms with van der Waals surface area (Å²) in [7, 11) is 0. The third-order valence-corrected chi connectivity index (χ3v) is 16.6. The largest absolute Gasteiger partial charge is 0.508 e. The maximum atomic E-state index is 17.1. The molecule has 6 heterocycles. The number of likely N-dealkylation sites (tertiary alicyclic amines) is 2. The van der Waals surface area contributed by atoms with E-state index in [1.807, 2.05) is 0 Å². The van der Waals surface area contributed by atoms with Crippen molar-refractivity contribution >= 4 is 45.2 Å². The summed E-state index contributed by atoms with van der Waals surface area (Å²) in [5, 5.41) is 31.9. The molecule has 0 saturated carbocycles. The van der Waals surface area contributed by atoms with Crippen LogP contribution in [-0.2, 0) is 25.3 Å². The summed E-state index contributed by atoms with van der Waals surface area (Å²) < 4.78 is 86.2. The lowest BCUT2D eigenvalue weighted by molar-refractivity contribution is -0.144. The number of pyridine rings is 1. The number of alkyl halides is 3. The molecule has 6 aromatic rings. The first kappa shape index (κ1) is 59.6. The summed E-state index contributed by atoms with van der Waals surface area (Å²) >= 11 is 0. The Hall–Kier alpha value is -7.51. The van der Waals surface area contributed by atoms with Gasteiger partial charge in [-0.25, -0.2) is 8.78 Å². The fraction of sp³-hybridized carbons (Fsp3) is 0.460. The van der Waals surface area contributed by atoms with Gasteiger partial charge in [-0.3, -0.25) is 24.3 Å². The number of hydrogen-bond donors (Lipinski definition) is 5. The molecule has 2 aromatic heterocycles. The number of halogens is 5. The maximum absolute atomic E-state index is 17.1. The second-order valence-electron chi connectivity index (χ2n) is 23.7. The van der Waals surface area contributed by atoms with Gasteiger partial charge in [-0.05, 0) is 110 Å². The molecule has 4 aliphatic rings. The Balaban J connectivity index is 0.730. The highest BCUT2D eigenvalue weighted by molar-refractivity contribution is 6.03. The maximum Gasteiger partial charge on any atom is 0.417 e. The lowest BCUT2D eigenvalue weighted by Crippen LogP contribution is -2.58. The Kier molecular flexibility index (Phi) is 17.5. The molecule has 2 bridgehead atoms. The number of nitrogens with zero attached hydrogens (tertiary/aromatic N) is 6. The Morgan fingerprint density at radius 2 is 1.70 bits per heavy atom. The number of terminal acetylenes is 1. The van der Waals surface area contributed by atoms with Crippen molar-refractivity contribution in [3.63, 3.8) is 0 Å². The molecule has 0 aliphatic carbocycles. The molecule has 84 heavy (non-hydrogen) atoms. The van der Waals surface area contributed by atoms with Gasteiger partial charge in [-0.15, -0.1) is 6.42 Å². The molecule has 16 nitrogen and oxygen atoms in total. The van der Waals surface area contributed by atoms with Crippen LogP contribution in [0, 0.1) is 36.3 Å². The number of rotatable bonds is 18. The number of aliphatic hydroxyl groups is 1. The first-order valence-electron chi connectivity index (χ1n) is 28.7. The summed E-state index contributed by atoms with van der Waals surface area (Å²) in [5.74, 6) is -0.251. The number of aromatic hydroxyl groups is 1. The molecule has 4 aromatic carbocycles. The van der Waals surface area contributed by atoms with Crippen LogP contribution in [0.1, 0.15) is 101 Å². The number of carbonyl (C=O) groups excluding carboxylic acids is 3. The number of aliphatic hydroxyl groups excluding tert-OH is 1. The second-order valence-corrected chi connectivity index (χ2v) is 23.7. The van der Waals surface area contributed by atoms with Crippen LogP contribution in [0.3, 0.4) is 0 Å². The highest BCUT2D eigenvalue weighted by Crippen LogP contribution is 2.41. The highest BCUT2D eigenvalue weighted by atomic mass is 19.4. The number of phenols is 1. The van der Waals surface area contributed by atoms with Gasteiger partial charge in [-0.2, -0.15) is 23.1 Å². The number of piperazine rings is 1. The fourth-order valence-electron chi connectivity index (χ4n) is 12.4. The molecule has 21 heteroatoms. The number of nitrogens with one attached hydrogen (secondary N) is 3. The van der Waals surface area contributed by atoms with Crippen LogP contribution in [-0.4, -0.2) is 142 Å². The highest BCUT2D eigenvalue weighted by Gasteiger charge is 2.45. The third-order valence-electron chi connectivity index (χ3n) is 16.6. The molecule has 0 spiro atoms. The summed E-state index contributed by atoms with van der Waals surface area (Å²) in [6.07, 6.45) is 6.05. The lowest BCUT2D eigenvalue weighted by atomic mass is 9.85. The van der Waals surface area contributed by atoms with Gasteiger partial charge in [-0.1, -0.05) is 69.2 Å². The van der Waals surface area contributed by atoms with Crippen LogP contribution in [0.5, 0.6) is 11.8 Å². The van der Waals surface area contributed by atoms with E-state index in [1.54, 1.807) is 65.0 Å². The van der Waals surface area contributed by atoms with Crippen molar-refractivity contribution in [2.45, 2.75) is 128 Å². The van der Waals surface area contributed by atoms with Gasteiger partial charge in [0.25, 0.3) is 0 Å². The van der Waals surface area contributed by atoms with E-state index in [9.17, 15) is 37.8 Å². The van der Waals surface area contributed by atoms with Gasteiger partial charge in [0.1, 0.15) is 47.3 Å². The minimum Gasteiger partial charge on any atom is -0.508 e. The van der Waals surface area contributed by atoms with E-state index in [4.69, 9.17) is 20.9 Å². The van der Waals surface area contributed by atoms with Crippen molar-refractivity contribution in [2.24, 2.45) is 5.41 Å². The molecule has 3 amide bonds. The molecule has 4 fully saturated rings. The Morgan fingerprint density at radius 1 is 0.952 bits per heavy atom. The van der Waals surface area contributed by atoms with E-state index < -0.39 is 70.7 Å². The van der Waals surface area contributed by atoms with Crippen LogP contribution in [0.4, 0.5) is 27.8 Å². The molecular formula is C63H70F5N9O7. The minimum atomic E-state index is -4.55. The van der Waals surface area contributed by atoms with Crippen LogP contribution in [0.25, 0.3) is 44.1 Å². The molecular weight excluding hydrogens is 1090 g/mol. The van der Waals surface area contributed by atoms with Crippen LogP contribution in [0.2, 0.25) is 0 Å². The van der Waals surface area contributed by atoms with Crippen molar-refractivity contribution in [3.8, 4) is 46.5 Å². The number of fused-ring (bicyclic) bond motifs is 4. The van der Waals surface area contributed by atoms with Gasteiger partial charge >= 0.3 is 12.2 Å². The Morgan fingerprint density at radius 3 is 2.42 bits per heavy atom. The van der Waals surface area contributed by atoms with E-state index >= 15 is 8.78 Å². The number of benzene rings is 4. The lowest BCUT2D eigenvalue weighted by Gasteiger charge is -2.35. The number of ether oxygens (including phenoxy) is 2. The SMILES string of the molecule is C#Cc1c(F)ccc2cc(O)cc(-c3ncc4c(N5CC6CCC(C5)N6)nc(OC[C@@H]5CCCN5CCCOCCC(=O)N[C@H](C(=O)N5C[C@H](O)C[C@H]5C(=O)N[C@@H](C)c5ccc(-c6c(C)cccc6C(F)(F)F)cc5)C(C)(C)C)nc4c3F)c12. The monoisotopic (exact) mass is 1160 g/mol. The molecule has 5 N–H and O–H groups in total. The normalized spacial score (nSPS) is 20.8. The van der Waals surface area contributed by atoms with E-state index in [0.717, 1.165) is 38.3 Å². The molecule has 2 unspecified atom stereocenters. The number of carbonyl (C=O) groups is 3. The first-order chi connectivity index (χ1) is 40.1. The van der Waals surface area contributed by atoms with E-state index in [0.29, 0.717) is 65.9 Å². The average molecular weight is 1160 g/mol. The van der Waals surface area contributed by atoms with Crippen molar-refractivity contribution in [3.05, 3.63) is 107 Å².